The van der Waals surface area contributed by atoms with Gasteiger partial charge >= 0.3 is 5.97 Å². The van der Waals surface area contributed by atoms with Gasteiger partial charge in [-0.1, -0.05) is 30.0 Å². The summed E-state index contributed by atoms with van der Waals surface area (Å²) in [7, 11) is 0. The number of hydrogen-bond donors (Lipinski definition) is 0. The molecule has 0 amide bonds. The summed E-state index contributed by atoms with van der Waals surface area (Å²) in [5.41, 5.74) is 0.588. The largest absolute Gasteiger partial charge is 0.447 e. The number of nitro benzene ring substituents is 1. The third-order valence-electron chi connectivity index (χ3n) is 3.96. The predicted molar refractivity (Wildman–Crippen MR) is 85.3 cm³/mol. The second-order valence-electron chi connectivity index (χ2n) is 5.35. The molecule has 4 rings (SSSR count). The Kier molecular flexibility index (Phi) is 3.23. The van der Waals surface area contributed by atoms with Crippen LogP contribution in [0.5, 0.6) is 0 Å². The van der Waals surface area contributed by atoms with Crippen molar-refractivity contribution in [3.63, 3.8) is 0 Å². The first-order valence-corrected chi connectivity index (χ1v) is 7.98. The van der Waals surface area contributed by atoms with Crippen LogP contribution < -0.4 is 4.90 Å². The molecule has 3 atom stereocenters. The number of hydrogen-bond acceptors (Lipinski definition) is 6. The normalized spacial score (nSPS) is 25.0. The minimum Gasteiger partial charge on any atom is -0.447 e. The number of rotatable bonds is 4. The van der Waals surface area contributed by atoms with Gasteiger partial charge in [-0.15, -0.1) is 0 Å². The number of ether oxygens (including phenoxy) is 1. The van der Waals surface area contributed by atoms with Gasteiger partial charge in [-0.25, -0.2) is 4.79 Å². The number of nitrogens with zero attached hydrogens (tertiary/aromatic N) is 2. The molecule has 2 unspecified atom stereocenters. The highest BCUT2D eigenvalue weighted by atomic mass is 32.2. The van der Waals surface area contributed by atoms with E-state index in [-0.39, 0.29) is 29.2 Å². The van der Waals surface area contributed by atoms with Gasteiger partial charge in [0.1, 0.15) is 6.04 Å². The molecule has 0 bridgehead atoms. The SMILES string of the molecule is O=C1O[C@H](Sc2ccccc2)C2C1N2c1ccc([N+](=O)[O-])cc1. The molecule has 2 heterocycles. The Balaban J connectivity index is 1.52. The van der Waals surface area contributed by atoms with Crippen LogP contribution in [-0.2, 0) is 9.53 Å². The van der Waals surface area contributed by atoms with Crippen molar-refractivity contribution in [1.82, 2.24) is 0 Å². The van der Waals surface area contributed by atoms with E-state index in [0.29, 0.717) is 0 Å². The number of fused-ring (bicyclic) bond motifs is 1. The van der Waals surface area contributed by atoms with Crippen LogP contribution in [-0.4, -0.2) is 28.4 Å². The lowest BCUT2D eigenvalue weighted by Gasteiger charge is -2.17. The van der Waals surface area contributed by atoms with E-state index in [2.05, 4.69) is 0 Å². The Hall–Kier alpha value is -2.54. The second kappa shape index (κ2) is 5.27. The molecule has 2 fully saturated rings. The zero-order chi connectivity index (χ0) is 16.0. The monoisotopic (exact) mass is 328 g/mol. The summed E-state index contributed by atoms with van der Waals surface area (Å²) >= 11 is 1.52. The second-order valence-corrected chi connectivity index (χ2v) is 6.52. The van der Waals surface area contributed by atoms with Crippen LogP contribution in [0.3, 0.4) is 0 Å². The van der Waals surface area contributed by atoms with Crippen molar-refractivity contribution in [2.75, 3.05) is 4.90 Å². The number of cyclic esters (lactones) is 1. The van der Waals surface area contributed by atoms with E-state index in [0.717, 1.165) is 10.6 Å². The van der Waals surface area contributed by atoms with Crippen molar-refractivity contribution in [2.45, 2.75) is 22.4 Å². The molecule has 116 valence electrons. The number of benzene rings is 2. The molecule has 2 aliphatic heterocycles. The van der Waals surface area contributed by atoms with Crippen LogP contribution in [0.1, 0.15) is 0 Å². The molecule has 2 saturated heterocycles. The molecule has 0 radical (unpaired) electrons. The van der Waals surface area contributed by atoms with E-state index in [9.17, 15) is 14.9 Å². The summed E-state index contributed by atoms with van der Waals surface area (Å²) in [5, 5.41) is 10.7. The summed E-state index contributed by atoms with van der Waals surface area (Å²) in [6.07, 6.45) is 0. The Bertz CT molecular complexity index is 765. The average molecular weight is 328 g/mol. The summed E-state index contributed by atoms with van der Waals surface area (Å²) in [5.74, 6) is -0.234. The lowest BCUT2D eigenvalue weighted by atomic mass is 10.3. The summed E-state index contributed by atoms with van der Waals surface area (Å²) in [4.78, 5) is 25.3. The smallest absolute Gasteiger partial charge is 0.332 e. The molecular formula is C16H12N2O4S. The molecule has 0 aliphatic carbocycles. The van der Waals surface area contributed by atoms with Crippen LogP contribution >= 0.6 is 11.8 Å². The highest BCUT2D eigenvalue weighted by Gasteiger charge is 2.64. The van der Waals surface area contributed by atoms with Crippen LogP contribution in [0, 0.1) is 10.1 Å². The van der Waals surface area contributed by atoms with Crippen LogP contribution in [0.25, 0.3) is 0 Å². The zero-order valence-electron chi connectivity index (χ0n) is 11.9. The number of anilines is 1. The fraction of sp³-hybridized carbons (Fsp3) is 0.188. The van der Waals surface area contributed by atoms with Gasteiger partial charge in [0.2, 0.25) is 0 Å². The Morgan fingerprint density at radius 3 is 2.43 bits per heavy atom. The lowest BCUT2D eigenvalue weighted by molar-refractivity contribution is -0.384. The Morgan fingerprint density at radius 1 is 1.09 bits per heavy atom. The van der Waals surface area contributed by atoms with Crippen molar-refractivity contribution in [3.8, 4) is 0 Å². The standard InChI is InChI=1S/C16H12N2O4S/c19-15-13-14(16(22-15)23-12-4-2-1-3-5-12)17(13)10-6-8-11(9-7-10)18(20)21/h1-9,13-14,16H/t13?,14?,16-,17?/m1/s1. The highest BCUT2D eigenvalue weighted by molar-refractivity contribution is 7.99. The van der Waals surface area contributed by atoms with Gasteiger partial charge < -0.3 is 9.64 Å². The molecule has 23 heavy (non-hydrogen) atoms. The zero-order valence-corrected chi connectivity index (χ0v) is 12.7. The van der Waals surface area contributed by atoms with E-state index in [4.69, 9.17) is 4.74 Å². The number of esters is 1. The highest BCUT2D eigenvalue weighted by Crippen LogP contribution is 2.48. The van der Waals surface area contributed by atoms with Gasteiger partial charge in [0, 0.05) is 22.7 Å². The van der Waals surface area contributed by atoms with Gasteiger partial charge in [-0.2, -0.15) is 0 Å². The number of carbonyl (C=O) groups excluding carboxylic acids is 1. The maximum absolute atomic E-state index is 12.0. The predicted octanol–water partition coefficient (Wildman–Crippen LogP) is 2.83. The first-order valence-electron chi connectivity index (χ1n) is 7.10. The number of morpholine rings is 1. The molecule has 0 saturated carbocycles. The number of thioether (sulfide) groups is 1. The molecule has 6 nitrogen and oxygen atoms in total. The quantitative estimate of drug-likeness (QED) is 0.372. The van der Waals surface area contributed by atoms with E-state index in [1.807, 2.05) is 35.2 Å². The first kappa shape index (κ1) is 14.1. The van der Waals surface area contributed by atoms with Crippen LogP contribution in [0.2, 0.25) is 0 Å². The molecule has 0 aromatic heterocycles. The molecule has 0 spiro atoms. The van der Waals surface area contributed by atoms with Crippen molar-refractivity contribution >= 4 is 29.1 Å². The van der Waals surface area contributed by atoms with Crippen molar-refractivity contribution in [2.24, 2.45) is 0 Å². The van der Waals surface area contributed by atoms with Gasteiger partial charge in [-0.05, 0) is 24.3 Å². The molecular weight excluding hydrogens is 316 g/mol. The van der Waals surface area contributed by atoms with Crippen molar-refractivity contribution < 1.29 is 14.5 Å². The minimum atomic E-state index is -0.435. The van der Waals surface area contributed by atoms with E-state index in [1.54, 1.807) is 12.1 Å². The maximum atomic E-state index is 12.0. The topological polar surface area (TPSA) is 72.5 Å². The van der Waals surface area contributed by atoms with Crippen LogP contribution in [0.4, 0.5) is 11.4 Å². The molecule has 2 aliphatic rings. The third kappa shape index (κ3) is 2.43. The lowest BCUT2D eigenvalue weighted by Crippen LogP contribution is -2.21. The van der Waals surface area contributed by atoms with Crippen LogP contribution in [0.15, 0.2) is 59.5 Å². The number of nitro groups is 1. The van der Waals surface area contributed by atoms with E-state index in [1.165, 1.54) is 23.9 Å². The van der Waals surface area contributed by atoms with Gasteiger partial charge in [0.05, 0.1) is 4.92 Å². The van der Waals surface area contributed by atoms with E-state index >= 15 is 0 Å². The van der Waals surface area contributed by atoms with Gasteiger partial charge in [-0.3, -0.25) is 10.1 Å². The minimum absolute atomic E-state index is 0.0193. The molecule has 0 N–H and O–H groups in total. The molecule has 2 aromatic rings. The fourth-order valence-electron chi connectivity index (χ4n) is 2.84. The Labute approximate surface area is 136 Å². The Morgan fingerprint density at radius 2 is 1.78 bits per heavy atom. The summed E-state index contributed by atoms with van der Waals surface area (Å²) < 4.78 is 5.42. The fourth-order valence-corrected chi connectivity index (χ4v) is 3.99. The van der Waals surface area contributed by atoms with Crippen molar-refractivity contribution in [3.05, 3.63) is 64.7 Å². The van der Waals surface area contributed by atoms with Gasteiger partial charge in [0.15, 0.2) is 11.5 Å². The number of carbonyl (C=O) groups is 1. The first-order chi connectivity index (χ1) is 11.1. The third-order valence-corrected chi connectivity index (χ3v) is 5.11. The molecule has 2 aromatic carbocycles. The van der Waals surface area contributed by atoms with Gasteiger partial charge in [0.25, 0.3) is 5.69 Å². The van der Waals surface area contributed by atoms with E-state index < -0.39 is 4.92 Å². The van der Waals surface area contributed by atoms with Crippen molar-refractivity contribution in [1.29, 1.82) is 0 Å². The average Bonchev–Trinajstić information content (AvgIpc) is 3.23. The maximum Gasteiger partial charge on any atom is 0.332 e. The summed E-state index contributed by atoms with van der Waals surface area (Å²) in [6, 6.07) is 15.7. The summed E-state index contributed by atoms with van der Waals surface area (Å²) in [6.45, 7) is 0. The number of non-ortho nitro benzene ring substituents is 1. The molecule has 7 heteroatoms.